The largest absolute Gasteiger partial charge is 0.398 e. The predicted octanol–water partition coefficient (Wildman–Crippen LogP) is 3.11. The molecule has 0 bridgehead atoms. The summed E-state index contributed by atoms with van der Waals surface area (Å²) in [5, 5.41) is 8.01. The van der Waals surface area contributed by atoms with Gasteiger partial charge in [0.1, 0.15) is 10.7 Å². The number of hydrogen-bond acceptors (Lipinski definition) is 4. The normalized spacial score (nSPS) is 11.4. The third-order valence-electron chi connectivity index (χ3n) is 2.59. The maximum Gasteiger partial charge on any atom is 0.240 e. The Morgan fingerprint density at radius 3 is 2.14 bits per heavy atom. The van der Waals surface area contributed by atoms with Crippen LogP contribution in [0.2, 0.25) is 10.0 Å². The second kappa shape index (κ2) is 5.69. The number of benzene rings is 2. The first-order chi connectivity index (χ1) is 9.68. The highest BCUT2D eigenvalue weighted by atomic mass is 35.5. The van der Waals surface area contributed by atoms with Gasteiger partial charge in [-0.2, -0.15) is 0 Å². The summed E-state index contributed by atoms with van der Waals surface area (Å²) in [4.78, 5) is -0.190. The smallest absolute Gasteiger partial charge is 0.240 e. The number of sulfonamides is 1. The van der Waals surface area contributed by atoms with Crippen molar-refractivity contribution in [1.29, 1.82) is 0 Å². The highest BCUT2D eigenvalue weighted by Gasteiger charge is 2.14. The van der Waals surface area contributed by atoms with Crippen molar-refractivity contribution in [2.75, 3.05) is 11.1 Å². The van der Waals surface area contributed by atoms with Crippen molar-refractivity contribution < 1.29 is 12.8 Å². The van der Waals surface area contributed by atoms with E-state index < -0.39 is 15.8 Å². The highest BCUT2D eigenvalue weighted by molar-refractivity contribution is 7.89. The summed E-state index contributed by atoms with van der Waals surface area (Å²) in [5.74, 6) is -0.570. The van der Waals surface area contributed by atoms with Gasteiger partial charge in [-0.25, -0.2) is 17.9 Å². The Bertz CT molecular complexity index is 789. The molecule has 0 aliphatic rings. The Labute approximate surface area is 130 Å². The van der Waals surface area contributed by atoms with Crippen molar-refractivity contribution in [3.63, 3.8) is 0 Å². The van der Waals surface area contributed by atoms with Crippen LogP contribution in [-0.2, 0) is 10.0 Å². The number of anilines is 3. The second-order valence-corrected chi connectivity index (χ2v) is 6.51. The summed E-state index contributed by atoms with van der Waals surface area (Å²) >= 11 is 11.8. The van der Waals surface area contributed by atoms with E-state index in [1.165, 1.54) is 18.2 Å². The van der Waals surface area contributed by atoms with Gasteiger partial charge >= 0.3 is 0 Å². The van der Waals surface area contributed by atoms with E-state index in [9.17, 15) is 12.8 Å². The lowest BCUT2D eigenvalue weighted by atomic mass is 10.2. The van der Waals surface area contributed by atoms with Crippen molar-refractivity contribution in [1.82, 2.24) is 0 Å². The minimum atomic E-state index is -3.90. The van der Waals surface area contributed by atoms with E-state index >= 15 is 0 Å². The van der Waals surface area contributed by atoms with Gasteiger partial charge in [-0.05, 0) is 30.3 Å². The maximum atomic E-state index is 13.1. The summed E-state index contributed by atoms with van der Waals surface area (Å²) < 4.78 is 35.6. The van der Waals surface area contributed by atoms with Crippen LogP contribution in [0.3, 0.4) is 0 Å². The average molecular weight is 350 g/mol. The molecule has 0 radical (unpaired) electrons. The van der Waals surface area contributed by atoms with Gasteiger partial charge in [-0.3, -0.25) is 0 Å². The van der Waals surface area contributed by atoms with Crippen molar-refractivity contribution in [3.05, 3.63) is 46.2 Å². The van der Waals surface area contributed by atoms with Gasteiger partial charge in [0.15, 0.2) is 0 Å². The number of rotatable bonds is 3. The van der Waals surface area contributed by atoms with Gasteiger partial charge in [0.05, 0.1) is 21.4 Å². The van der Waals surface area contributed by atoms with Crippen molar-refractivity contribution in [2.45, 2.75) is 4.90 Å². The highest BCUT2D eigenvalue weighted by Crippen LogP contribution is 2.34. The van der Waals surface area contributed by atoms with Crippen LogP contribution in [0.25, 0.3) is 0 Å². The Morgan fingerprint density at radius 2 is 1.67 bits per heavy atom. The molecule has 0 saturated carbocycles. The average Bonchev–Trinajstić information content (AvgIpc) is 2.32. The monoisotopic (exact) mass is 349 g/mol. The Morgan fingerprint density at radius 1 is 1.10 bits per heavy atom. The Balaban J connectivity index is 2.40. The summed E-state index contributed by atoms with van der Waals surface area (Å²) in [7, 11) is -3.90. The first-order valence-electron chi connectivity index (χ1n) is 5.52. The number of primary sulfonamides is 1. The Hall–Kier alpha value is -1.54. The molecule has 2 aromatic rings. The topological polar surface area (TPSA) is 98.2 Å². The van der Waals surface area contributed by atoms with Gasteiger partial charge in [0.25, 0.3) is 0 Å². The molecule has 0 aliphatic carbocycles. The molecule has 0 spiro atoms. The van der Waals surface area contributed by atoms with Crippen molar-refractivity contribution in [3.8, 4) is 0 Å². The van der Waals surface area contributed by atoms with Crippen LogP contribution < -0.4 is 16.2 Å². The summed E-state index contributed by atoms with van der Waals surface area (Å²) in [6.07, 6.45) is 0. The predicted molar refractivity (Wildman–Crippen MR) is 81.9 cm³/mol. The van der Waals surface area contributed by atoms with Gasteiger partial charge in [0.2, 0.25) is 10.0 Å². The number of hydrogen-bond donors (Lipinski definition) is 3. The molecule has 0 amide bonds. The van der Waals surface area contributed by atoms with Crippen LogP contribution in [0.15, 0.2) is 35.2 Å². The van der Waals surface area contributed by atoms with E-state index in [1.807, 2.05) is 0 Å². The molecule has 2 aromatic carbocycles. The third kappa shape index (κ3) is 3.56. The molecule has 0 fully saturated rings. The summed E-state index contributed by atoms with van der Waals surface area (Å²) in [5.41, 5.74) is 6.31. The Kier molecular flexibility index (Phi) is 4.29. The van der Waals surface area contributed by atoms with E-state index in [1.54, 1.807) is 0 Å². The van der Waals surface area contributed by atoms with Gasteiger partial charge < -0.3 is 11.1 Å². The fourth-order valence-corrected chi connectivity index (χ4v) is 2.89. The molecule has 9 heteroatoms. The molecular formula is C12H10Cl2FN3O2S. The molecule has 112 valence electrons. The zero-order valence-corrected chi connectivity index (χ0v) is 12.7. The first-order valence-corrected chi connectivity index (χ1v) is 7.82. The molecule has 5 nitrogen and oxygen atoms in total. The zero-order valence-electron chi connectivity index (χ0n) is 10.4. The standard InChI is InChI=1S/C12H10Cl2FN3O2S/c13-8-3-6(15)4-9(14)12(8)18-7-1-2-11(10(16)5-7)21(17,19)20/h1-5,18H,16H2,(H2,17,19,20). The van der Waals surface area contributed by atoms with Crippen molar-refractivity contribution >= 4 is 50.3 Å². The number of halogens is 3. The molecule has 0 aromatic heterocycles. The lowest BCUT2D eigenvalue weighted by Crippen LogP contribution is -2.14. The summed E-state index contributed by atoms with van der Waals surface area (Å²) in [6.45, 7) is 0. The third-order valence-corrected chi connectivity index (χ3v) is 4.17. The molecule has 0 unspecified atom stereocenters. The van der Waals surface area contributed by atoms with E-state index in [-0.39, 0.29) is 26.3 Å². The minimum Gasteiger partial charge on any atom is -0.398 e. The van der Waals surface area contributed by atoms with Crippen LogP contribution >= 0.6 is 23.2 Å². The van der Waals surface area contributed by atoms with Crippen LogP contribution in [0.4, 0.5) is 21.5 Å². The van der Waals surface area contributed by atoms with Crippen LogP contribution in [-0.4, -0.2) is 8.42 Å². The SMILES string of the molecule is Nc1cc(Nc2c(Cl)cc(F)cc2Cl)ccc1S(N)(=O)=O. The molecule has 0 atom stereocenters. The fourth-order valence-electron chi connectivity index (χ4n) is 1.69. The molecule has 21 heavy (non-hydrogen) atoms. The van der Waals surface area contributed by atoms with Crippen LogP contribution in [0.5, 0.6) is 0 Å². The lowest BCUT2D eigenvalue weighted by Gasteiger charge is -2.12. The summed E-state index contributed by atoms with van der Waals surface area (Å²) in [6, 6.07) is 6.23. The van der Waals surface area contributed by atoms with Gasteiger partial charge in [0, 0.05) is 5.69 Å². The molecule has 0 aliphatic heterocycles. The van der Waals surface area contributed by atoms with Crippen LogP contribution in [0.1, 0.15) is 0 Å². The molecule has 2 rings (SSSR count). The number of nitrogens with one attached hydrogen (secondary N) is 1. The fraction of sp³-hybridized carbons (Fsp3) is 0. The van der Waals surface area contributed by atoms with Gasteiger partial charge in [-0.15, -0.1) is 0 Å². The van der Waals surface area contributed by atoms with E-state index in [2.05, 4.69) is 5.32 Å². The van der Waals surface area contributed by atoms with Crippen molar-refractivity contribution in [2.24, 2.45) is 5.14 Å². The number of nitrogens with two attached hydrogens (primary N) is 2. The minimum absolute atomic E-state index is 0.0307. The lowest BCUT2D eigenvalue weighted by molar-refractivity contribution is 0.598. The van der Waals surface area contributed by atoms with Gasteiger partial charge in [-0.1, -0.05) is 23.2 Å². The quantitative estimate of drug-likeness (QED) is 0.741. The van der Waals surface area contributed by atoms with E-state index in [4.69, 9.17) is 34.1 Å². The van der Waals surface area contributed by atoms with Crippen LogP contribution in [0, 0.1) is 5.82 Å². The first kappa shape index (κ1) is 15.8. The molecule has 5 N–H and O–H groups in total. The van der Waals surface area contributed by atoms with E-state index in [0.717, 1.165) is 12.1 Å². The molecular weight excluding hydrogens is 340 g/mol. The number of nitrogen functional groups attached to an aromatic ring is 1. The second-order valence-electron chi connectivity index (χ2n) is 4.17. The zero-order chi connectivity index (χ0) is 15.8. The molecule has 0 saturated heterocycles. The molecule has 0 heterocycles. The van der Waals surface area contributed by atoms with E-state index in [0.29, 0.717) is 5.69 Å². The maximum absolute atomic E-state index is 13.1.